The highest BCUT2D eigenvalue weighted by Crippen LogP contribution is 2.23. The fourth-order valence-corrected chi connectivity index (χ4v) is 3.31. The maximum atomic E-state index is 12.3. The van der Waals surface area contributed by atoms with Crippen molar-refractivity contribution in [1.29, 1.82) is 0 Å². The second kappa shape index (κ2) is 6.54. The fraction of sp³-hybridized carbons (Fsp3) is 0.625. The van der Waals surface area contributed by atoms with Crippen molar-refractivity contribution in [2.24, 2.45) is 0 Å². The maximum absolute atomic E-state index is 12.3. The molecule has 21 heavy (non-hydrogen) atoms. The third kappa shape index (κ3) is 3.09. The molecule has 0 N–H and O–H groups in total. The minimum atomic E-state index is 0.0508. The lowest BCUT2D eigenvalue weighted by Gasteiger charge is -2.48. The van der Waals surface area contributed by atoms with Gasteiger partial charge in [0, 0.05) is 44.6 Å². The summed E-state index contributed by atoms with van der Waals surface area (Å²) in [6, 6.07) is 6.58. The summed E-state index contributed by atoms with van der Waals surface area (Å²) in [5.41, 5.74) is 0.546. The minimum absolute atomic E-state index is 0.0508. The second-order valence-corrected chi connectivity index (χ2v) is 5.75. The van der Waals surface area contributed by atoms with Crippen LogP contribution in [0.15, 0.2) is 24.4 Å². The number of rotatable bonds is 4. The van der Waals surface area contributed by atoms with E-state index in [9.17, 15) is 4.79 Å². The number of amides is 1. The summed E-state index contributed by atoms with van der Waals surface area (Å²) in [6.07, 6.45) is 3.89. The SMILES string of the molecule is CCN(C1CCOCC1)C1CN(C(=O)c2ccccn2)C1. The number of hydrogen-bond acceptors (Lipinski definition) is 4. The van der Waals surface area contributed by atoms with Gasteiger partial charge < -0.3 is 9.64 Å². The Hall–Kier alpha value is -1.46. The van der Waals surface area contributed by atoms with E-state index in [2.05, 4.69) is 16.8 Å². The molecule has 0 bridgehead atoms. The molecule has 114 valence electrons. The van der Waals surface area contributed by atoms with Gasteiger partial charge in [-0.2, -0.15) is 0 Å². The first-order valence-corrected chi connectivity index (χ1v) is 7.83. The normalized spacial score (nSPS) is 20.6. The van der Waals surface area contributed by atoms with E-state index in [1.54, 1.807) is 12.3 Å². The van der Waals surface area contributed by atoms with Gasteiger partial charge in [-0.05, 0) is 31.5 Å². The van der Waals surface area contributed by atoms with Crippen LogP contribution in [0, 0.1) is 0 Å². The molecule has 3 heterocycles. The fourth-order valence-electron chi connectivity index (χ4n) is 3.31. The van der Waals surface area contributed by atoms with Crippen LogP contribution in [0.4, 0.5) is 0 Å². The summed E-state index contributed by atoms with van der Waals surface area (Å²) in [7, 11) is 0. The molecular formula is C16H23N3O2. The van der Waals surface area contributed by atoms with E-state index in [1.165, 1.54) is 0 Å². The number of pyridine rings is 1. The van der Waals surface area contributed by atoms with Crippen molar-refractivity contribution in [3.63, 3.8) is 0 Å². The van der Waals surface area contributed by atoms with Crippen molar-refractivity contribution >= 4 is 5.91 Å². The molecule has 2 fully saturated rings. The van der Waals surface area contributed by atoms with E-state index in [-0.39, 0.29) is 5.91 Å². The monoisotopic (exact) mass is 289 g/mol. The second-order valence-electron chi connectivity index (χ2n) is 5.75. The van der Waals surface area contributed by atoms with Crippen LogP contribution in [-0.2, 0) is 4.74 Å². The predicted molar refractivity (Wildman–Crippen MR) is 80.1 cm³/mol. The quantitative estimate of drug-likeness (QED) is 0.841. The van der Waals surface area contributed by atoms with Crippen molar-refractivity contribution in [1.82, 2.24) is 14.8 Å². The van der Waals surface area contributed by atoms with E-state index < -0.39 is 0 Å². The molecule has 2 saturated heterocycles. The summed E-state index contributed by atoms with van der Waals surface area (Å²) in [5, 5.41) is 0. The Bertz CT molecular complexity index is 468. The zero-order valence-electron chi connectivity index (χ0n) is 12.6. The van der Waals surface area contributed by atoms with Gasteiger partial charge in [0.1, 0.15) is 5.69 Å². The van der Waals surface area contributed by atoms with Crippen LogP contribution in [0.2, 0.25) is 0 Å². The first-order valence-electron chi connectivity index (χ1n) is 7.83. The van der Waals surface area contributed by atoms with Gasteiger partial charge in [0.15, 0.2) is 0 Å². The Balaban J connectivity index is 1.55. The molecule has 1 amide bonds. The van der Waals surface area contributed by atoms with Gasteiger partial charge in [0.2, 0.25) is 0 Å². The van der Waals surface area contributed by atoms with E-state index in [0.717, 1.165) is 45.7 Å². The lowest BCUT2D eigenvalue weighted by atomic mass is 9.99. The molecular weight excluding hydrogens is 266 g/mol. The summed E-state index contributed by atoms with van der Waals surface area (Å²) in [6.45, 7) is 6.62. The van der Waals surface area contributed by atoms with Crippen LogP contribution in [0.25, 0.3) is 0 Å². The van der Waals surface area contributed by atoms with Gasteiger partial charge >= 0.3 is 0 Å². The highest BCUT2D eigenvalue weighted by Gasteiger charge is 2.37. The Labute approximate surface area is 125 Å². The summed E-state index contributed by atoms with van der Waals surface area (Å²) in [4.78, 5) is 20.9. The van der Waals surface area contributed by atoms with Gasteiger partial charge in [-0.1, -0.05) is 13.0 Å². The van der Waals surface area contributed by atoms with E-state index in [0.29, 0.717) is 17.8 Å². The average Bonchev–Trinajstić information content (AvgIpc) is 2.51. The third-order valence-corrected chi connectivity index (χ3v) is 4.53. The largest absolute Gasteiger partial charge is 0.381 e. The van der Waals surface area contributed by atoms with Gasteiger partial charge in [0.05, 0.1) is 0 Å². The zero-order valence-corrected chi connectivity index (χ0v) is 12.6. The number of likely N-dealkylation sites (N-methyl/N-ethyl adjacent to an activating group) is 1. The molecule has 1 aromatic heterocycles. The third-order valence-electron chi connectivity index (χ3n) is 4.53. The Kier molecular flexibility index (Phi) is 4.51. The first kappa shape index (κ1) is 14.5. The lowest BCUT2D eigenvalue weighted by Crippen LogP contribution is -2.63. The Morgan fingerprint density at radius 3 is 2.71 bits per heavy atom. The van der Waals surface area contributed by atoms with Crippen molar-refractivity contribution in [2.45, 2.75) is 31.8 Å². The predicted octanol–water partition coefficient (Wildman–Crippen LogP) is 1.41. The molecule has 5 heteroatoms. The number of nitrogens with zero attached hydrogens (tertiary/aromatic N) is 3. The summed E-state index contributed by atoms with van der Waals surface area (Å²) >= 11 is 0. The number of hydrogen-bond donors (Lipinski definition) is 0. The van der Waals surface area contributed by atoms with Crippen molar-refractivity contribution in [2.75, 3.05) is 32.8 Å². The molecule has 0 atom stereocenters. The first-order chi connectivity index (χ1) is 10.3. The molecule has 0 unspecified atom stereocenters. The van der Waals surface area contributed by atoms with E-state index in [4.69, 9.17) is 4.74 Å². The molecule has 0 spiro atoms. The highest BCUT2D eigenvalue weighted by molar-refractivity contribution is 5.92. The van der Waals surface area contributed by atoms with Crippen molar-refractivity contribution in [3.05, 3.63) is 30.1 Å². The standard InChI is InChI=1S/C16H23N3O2/c1-2-19(13-6-9-21-10-7-13)14-11-18(12-14)16(20)15-5-3-4-8-17-15/h3-5,8,13-14H,2,6-7,9-12H2,1H3. The van der Waals surface area contributed by atoms with Gasteiger partial charge in [-0.3, -0.25) is 14.7 Å². The maximum Gasteiger partial charge on any atom is 0.272 e. The molecule has 1 aromatic rings. The molecule has 0 aromatic carbocycles. The van der Waals surface area contributed by atoms with E-state index >= 15 is 0 Å². The topological polar surface area (TPSA) is 45.7 Å². The zero-order chi connectivity index (χ0) is 14.7. The Morgan fingerprint density at radius 2 is 2.10 bits per heavy atom. The number of likely N-dealkylation sites (tertiary alicyclic amines) is 1. The van der Waals surface area contributed by atoms with Crippen LogP contribution < -0.4 is 0 Å². The average molecular weight is 289 g/mol. The molecule has 0 saturated carbocycles. The van der Waals surface area contributed by atoms with Crippen LogP contribution in [0.1, 0.15) is 30.3 Å². The summed E-state index contributed by atoms with van der Waals surface area (Å²) in [5.74, 6) is 0.0508. The number of aromatic nitrogens is 1. The van der Waals surface area contributed by atoms with E-state index in [1.807, 2.05) is 17.0 Å². The van der Waals surface area contributed by atoms with Crippen LogP contribution in [0.5, 0.6) is 0 Å². The van der Waals surface area contributed by atoms with Crippen LogP contribution in [-0.4, -0.2) is 65.6 Å². The van der Waals surface area contributed by atoms with Gasteiger partial charge in [-0.25, -0.2) is 0 Å². The molecule has 2 aliphatic heterocycles. The molecule has 2 aliphatic rings. The van der Waals surface area contributed by atoms with Crippen molar-refractivity contribution < 1.29 is 9.53 Å². The minimum Gasteiger partial charge on any atom is -0.381 e. The highest BCUT2D eigenvalue weighted by atomic mass is 16.5. The summed E-state index contributed by atoms with van der Waals surface area (Å²) < 4.78 is 5.44. The van der Waals surface area contributed by atoms with Crippen LogP contribution in [0.3, 0.4) is 0 Å². The smallest absolute Gasteiger partial charge is 0.272 e. The molecule has 3 rings (SSSR count). The van der Waals surface area contributed by atoms with Crippen LogP contribution >= 0.6 is 0 Å². The number of carbonyl (C=O) groups is 1. The Morgan fingerprint density at radius 1 is 1.33 bits per heavy atom. The lowest BCUT2D eigenvalue weighted by molar-refractivity contribution is -0.0223. The van der Waals surface area contributed by atoms with Gasteiger partial charge in [-0.15, -0.1) is 0 Å². The van der Waals surface area contributed by atoms with Crippen molar-refractivity contribution in [3.8, 4) is 0 Å². The number of ether oxygens (including phenoxy) is 1. The van der Waals surface area contributed by atoms with Gasteiger partial charge in [0.25, 0.3) is 5.91 Å². The molecule has 0 aliphatic carbocycles. The molecule has 5 nitrogen and oxygen atoms in total. The number of carbonyl (C=O) groups excluding carboxylic acids is 1. The molecule has 0 radical (unpaired) electrons.